The van der Waals surface area contributed by atoms with Crippen LogP contribution in [-0.4, -0.2) is 12.0 Å². The van der Waals surface area contributed by atoms with Crippen molar-refractivity contribution in [2.75, 3.05) is 11.9 Å². The van der Waals surface area contributed by atoms with Gasteiger partial charge >= 0.3 is 0 Å². The van der Waals surface area contributed by atoms with Crippen molar-refractivity contribution in [2.24, 2.45) is 0 Å². The van der Waals surface area contributed by atoms with Crippen LogP contribution in [-0.2, 0) is 6.54 Å². The molecule has 0 fully saturated rings. The molecule has 0 atom stereocenters. The van der Waals surface area contributed by atoms with E-state index in [2.05, 4.69) is 4.98 Å². The summed E-state index contributed by atoms with van der Waals surface area (Å²) in [6.45, 7) is 0.636. The first-order valence-corrected chi connectivity index (χ1v) is 5.50. The summed E-state index contributed by atoms with van der Waals surface area (Å²) < 4.78 is 13.3. The molecule has 1 aromatic heterocycles. The van der Waals surface area contributed by atoms with E-state index in [9.17, 15) is 4.39 Å². The van der Waals surface area contributed by atoms with Crippen LogP contribution >= 0.6 is 0 Å². The van der Waals surface area contributed by atoms with Crippen molar-refractivity contribution < 1.29 is 4.39 Å². The summed E-state index contributed by atoms with van der Waals surface area (Å²) in [6, 6.07) is 10.1. The average Bonchev–Trinajstić information content (AvgIpc) is 2.39. The van der Waals surface area contributed by atoms with E-state index in [-0.39, 0.29) is 0 Å². The molecule has 0 bridgehead atoms. The Balaban J connectivity index is 2.21. The summed E-state index contributed by atoms with van der Waals surface area (Å²) in [7, 11) is 1.86. The molecule has 0 aliphatic carbocycles. The van der Waals surface area contributed by atoms with E-state index < -0.39 is 5.82 Å². The highest BCUT2D eigenvalue weighted by Gasteiger charge is 2.06. The zero-order chi connectivity index (χ0) is 13.0. The number of hydrogen-bond acceptors (Lipinski definition) is 3. The van der Waals surface area contributed by atoms with Crippen LogP contribution in [0.25, 0.3) is 0 Å². The van der Waals surface area contributed by atoms with Gasteiger partial charge in [0.2, 0.25) is 0 Å². The maximum Gasteiger partial charge on any atom is 0.126 e. The number of aromatic nitrogens is 1. The van der Waals surface area contributed by atoms with Gasteiger partial charge < -0.3 is 4.90 Å². The predicted octanol–water partition coefficient (Wildman–Crippen LogP) is 2.73. The maximum atomic E-state index is 13.3. The molecule has 0 aliphatic rings. The molecule has 1 aromatic carbocycles. The van der Waals surface area contributed by atoms with E-state index in [1.807, 2.05) is 30.1 Å². The second-order valence-electron chi connectivity index (χ2n) is 4.02. The van der Waals surface area contributed by atoms with Crippen molar-refractivity contribution in [2.45, 2.75) is 6.54 Å². The molecule has 2 aromatic rings. The van der Waals surface area contributed by atoms with Gasteiger partial charge in [-0.05, 0) is 35.9 Å². The van der Waals surface area contributed by atoms with Gasteiger partial charge in [-0.15, -0.1) is 0 Å². The molecule has 0 N–H and O–H groups in total. The van der Waals surface area contributed by atoms with Crippen LogP contribution in [0.5, 0.6) is 0 Å². The fourth-order valence-corrected chi connectivity index (χ4v) is 1.71. The molecule has 0 radical (unpaired) electrons. The number of hydrogen-bond donors (Lipinski definition) is 0. The van der Waals surface area contributed by atoms with E-state index in [0.29, 0.717) is 17.8 Å². The first kappa shape index (κ1) is 12.1. The maximum absolute atomic E-state index is 13.3. The zero-order valence-corrected chi connectivity index (χ0v) is 9.97. The van der Waals surface area contributed by atoms with Crippen molar-refractivity contribution in [1.82, 2.24) is 4.98 Å². The van der Waals surface area contributed by atoms with E-state index in [4.69, 9.17) is 5.26 Å². The molecule has 0 unspecified atom stereocenters. The Morgan fingerprint density at radius 1 is 1.28 bits per heavy atom. The molecule has 0 saturated heterocycles. The number of halogens is 1. The molecule has 0 spiro atoms. The molecule has 18 heavy (non-hydrogen) atoms. The summed E-state index contributed by atoms with van der Waals surface area (Å²) in [4.78, 5) is 5.83. The zero-order valence-electron chi connectivity index (χ0n) is 9.97. The van der Waals surface area contributed by atoms with Crippen molar-refractivity contribution in [1.29, 1.82) is 5.26 Å². The SMILES string of the molecule is CN(Cc1ccncc1)c1cc(F)cc(C#N)c1. The van der Waals surface area contributed by atoms with E-state index >= 15 is 0 Å². The van der Waals surface area contributed by atoms with Gasteiger partial charge in [0.25, 0.3) is 0 Å². The molecule has 4 heteroatoms. The van der Waals surface area contributed by atoms with E-state index in [1.165, 1.54) is 12.1 Å². The summed E-state index contributed by atoms with van der Waals surface area (Å²) >= 11 is 0. The topological polar surface area (TPSA) is 39.9 Å². The Hall–Kier alpha value is -2.41. The minimum atomic E-state index is -0.398. The summed E-state index contributed by atoms with van der Waals surface area (Å²) in [5.74, 6) is -0.398. The third kappa shape index (κ3) is 2.83. The Kier molecular flexibility index (Phi) is 3.54. The van der Waals surface area contributed by atoms with Gasteiger partial charge in [0, 0.05) is 31.7 Å². The Labute approximate surface area is 105 Å². The Morgan fingerprint density at radius 3 is 2.67 bits per heavy atom. The van der Waals surface area contributed by atoms with Gasteiger partial charge in [-0.2, -0.15) is 5.26 Å². The molecule has 0 amide bonds. The van der Waals surface area contributed by atoms with Gasteiger partial charge in [0.05, 0.1) is 11.6 Å². The number of pyridine rings is 1. The molecular weight excluding hydrogens is 229 g/mol. The molecule has 0 saturated carbocycles. The summed E-state index contributed by atoms with van der Waals surface area (Å²) in [6.07, 6.45) is 3.44. The minimum absolute atomic E-state index is 0.326. The Morgan fingerprint density at radius 2 is 2.00 bits per heavy atom. The van der Waals surface area contributed by atoms with Gasteiger partial charge in [-0.25, -0.2) is 4.39 Å². The molecule has 3 nitrogen and oxygen atoms in total. The highest BCUT2D eigenvalue weighted by Crippen LogP contribution is 2.18. The minimum Gasteiger partial charge on any atom is -0.370 e. The number of nitriles is 1. The number of rotatable bonds is 3. The van der Waals surface area contributed by atoms with E-state index in [1.54, 1.807) is 18.5 Å². The lowest BCUT2D eigenvalue weighted by atomic mass is 10.2. The van der Waals surface area contributed by atoms with Crippen molar-refractivity contribution in [3.8, 4) is 6.07 Å². The number of nitrogens with zero attached hydrogens (tertiary/aromatic N) is 3. The van der Waals surface area contributed by atoms with Crippen LogP contribution in [0.2, 0.25) is 0 Å². The standard InChI is InChI=1S/C14H12FN3/c1-18(10-11-2-4-17-5-3-11)14-7-12(9-16)6-13(15)8-14/h2-8H,10H2,1H3. The third-order valence-corrected chi connectivity index (χ3v) is 2.62. The molecular formula is C14H12FN3. The average molecular weight is 241 g/mol. The number of benzene rings is 1. The monoisotopic (exact) mass is 241 g/mol. The fraction of sp³-hybridized carbons (Fsp3) is 0.143. The highest BCUT2D eigenvalue weighted by atomic mass is 19.1. The van der Waals surface area contributed by atoms with Gasteiger partial charge in [-0.1, -0.05) is 0 Å². The summed E-state index contributed by atoms with van der Waals surface area (Å²) in [5.41, 5.74) is 2.09. The smallest absolute Gasteiger partial charge is 0.126 e. The van der Waals surface area contributed by atoms with Crippen molar-refractivity contribution in [3.63, 3.8) is 0 Å². The lowest BCUT2D eigenvalue weighted by Crippen LogP contribution is -2.16. The normalized spacial score (nSPS) is 9.83. The van der Waals surface area contributed by atoms with Crippen molar-refractivity contribution >= 4 is 5.69 Å². The highest BCUT2D eigenvalue weighted by molar-refractivity contribution is 5.51. The van der Waals surface area contributed by atoms with Gasteiger partial charge in [0.1, 0.15) is 5.82 Å². The second-order valence-corrected chi connectivity index (χ2v) is 4.02. The number of anilines is 1. The fourth-order valence-electron chi connectivity index (χ4n) is 1.71. The first-order chi connectivity index (χ1) is 8.69. The third-order valence-electron chi connectivity index (χ3n) is 2.62. The largest absolute Gasteiger partial charge is 0.370 e. The second kappa shape index (κ2) is 5.28. The molecule has 2 rings (SSSR count). The van der Waals surface area contributed by atoms with Crippen LogP contribution in [0.1, 0.15) is 11.1 Å². The molecule has 0 aliphatic heterocycles. The van der Waals surface area contributed by atoms with Gasteiger partial charge in [0.15, 0.2) is 0 Å². The lowest BCUT2D eigenvalue weighted by Gasteiger charge is -2.19. The lowest BCUT2D eigenvalue weighted by molar-refractivity contribution is 0.626. The molecule has 90 valence electrons. The Bertz CT molecular complexity index is 575. The van der Waals surface area contributed by atoms with Crippen LogP contribution in [0.4, 0.5) is 10.1 Å². The molecule has 1 heterocycles. The predicted molar refractivity (Wildman–Crippen MR) is 67.5 cm³/mol. The van der Waals surface area contributed by atoms with Crippen LogP contribution < -0.4 is 4.90 Å². The van der Waals surface area contributed by atoms with Crippen LogP contribution in [0.15, 0.2) is 42.7 Å². The van der Waals surface area contributed by atoms with E-state index in [0.717, 1.165) is 5.56 Å². The van der Waals surface area contributed by atoms with Gasteiger partial charge in [-0.3, -0.25) is 4.98 Å². The first-order valence-electron chi connectivity index (χ1n) is 5.50. The quantitative estimate of drug-likeness (QED) is 0.829. The summed E-state index contributed by atoms with van der Waals surface area (Å²) in [5, 5.41) is 8.81. The van der Waals surface area contributed by atoms with Crippen molar-refractivity contribution in [3.05, 3.63) is 59.7 Å². The van der Waals surface area contributed by atoms with Crippen LogP contribution in [0.3, 0.4) is 0 Å². The van der Waals surface area contributed by atoms with Crippen LogP contribution in [0, 0.1) is 17.1 Å².